The summed E-state index contributed by atoms with van der Waals surface area (Å²) in [5, 5.41) is 4.38. The van der Waals surface area contributed by atoms with Crippen LogP contribution in [0.25, 0.3) is 0 Å². The minimum atomic E-state index is -0.282. The molecular formula is C15H25N3O2. The molecule has 0 N–H and O–H groups in total. The summed E-state index contributed by atoms with van der Waals surface area (Å²) >= 11 is 0. The van der Waals surface area contributed by atoms with E-state index < -0.39 is 0 Å². The van der Waals surface area contributed by atoms with E-state index in [1.807, 2.05) is 17.8 Å². The third-order valence-corrected chi connectivity index (χ3v) is 3.79. The van der Waals surface area contributed by atoms with Crippen LogP contribution in [0.4, 0.5) is 0 Å². The summed E-state index contributed by atoms with van der Waals surface area (Å²) in [7, 11) is 1.90. The van der Waals surface area contributed by atoms with Crippen LogP contribution in [0, 0.1) is 0 Å². The number of carbonyl (C=O) groups is 1. The number of ether oxygens (including phenoxy) is 1. The monoisotopic (exact) mass is 279 g/mol. The predicted octanol–water partition coefficient (Wildman–Crippen LogP) is 1.20. The summed E-state index contributed by atoms with van der Waals surface area (Å²) in [4.78, 5) is 14.7. The molecule has 1 fully saturated rings. The molecule has 0 aromatic carbocycles. The van der Waals surface area contributed by atoms with Crippen molar-refractivity contribution in [1.29, 1.82) is 0 Å². The average molecular weight is 279 g/mol. The Morgan fingerprint density at radius 3 is 2.95 bits per heavy atom. The molecule has 5 nitrogen and oxygen atoms in total. The molecule has 5 heteroatoms. The van der Waals surface area contributed by atoms with Crippen molar-refractivity contribution in [2.75, 3.05) is 26.2 Å². The van der Waals surface area contributed by atoms with Crippen molar-refractivity contribution >= 4 is 5.78 Å². The maximum atomic E-state index is 12.4. The number of ketones is 1. The molecule has 1 aromatic rings. The van der Waals surface area contributed by atoms with Crippen molar-refractivity contribution in [3.05, 3.63) is 17.5 Å². The zero-order valence-corrected chi connectivity index (χ0v) is 12.8. The Bertz CT molecular complexity index is 454. The van der Waals surface area contributed by atoms with Gasteiger partial charge in [0.15, 0.2) is 5.78 Å². The molecule has 1 atom stereocenters. The zero-order valence-electron chi connectivity index (χ0n) is 12.8. The molecule has 1 unspecified atom stereocenters. The molecule has 0 bridgehead atoms. The number of rotatable bonds is 6. The number of aryl methyl sites for hydroxylation is 2. The van der Waals surface area contributed by atoms with Crippen molar-refractivity contribution in [2.45, 2.75) is 39.2 Å². The van der Waals surface area contributed by atoms with Gasteiger partial charge < -0.3 is 4.74 Å². The molecule has 0 amide bonds. The van der Waals surface area contributed by atoms with Gasteiger partial charge >= 0.3 is 0 Å². The summed E-state index contributed by atoms with van der Waals surface area (Å²) in [6.45, 7) is 7.59. The third kappa shape index (κ3) is 3.67. The second-order valence-electron chi connectivity index (χ2n) is 5.41. The SMILES string of the molecule is CCCN1CCOC(C(=O)Cc2cc(CC)nn2C)C1. The molecule has 0 radical (unpaired) electrons. The summed E-state index contributed by atoms with van der Waals surface area (Å²) in [5.74, 6) is 0.163. The largest absolute Gasteiger partial charge is 0.368 e. The highest BCUT2D eigenvalue weighted by atomic mass is 16.5. The lowest BCUT2D eigenvalue weighted by molar-refractivity contribution is -0.135. The minimum absolute atomic E-state index is 0.163. The quantitative estimate of drug-likeness (QED) is 0.785. The maximum Gasteiger partial charge on any atom is 0.168 e. The third-order valence-electron chi connectivity index (χ3n) is 3.79. The van der Waals surface area contributed by atoms with Crippen LogP contribution in [0.5, 0.6) is 0 Å². The molecule has 0 spiro atoms. The van der Waals surface area contributed by atoms with Crippen LogP contribution < -0.4 is 0 Å². The van der Waals surface area contributed by atoms with Crippen LogP contribution in [-0.2, 0) is 29.4 Å². The van der Waals surface area contributed by atoms with Crippen LogP contribution in [0.1, 0.15) is 31.7 Å². The number of morpholine rings is 1. The van der Waals surface area contributed by atoms with Gasteiger partial charge in [-0.25, -0.2) is 0 Å². The van der Waals surface area contributed by atoms with E-state index in [2.05, 4.69) is 23.8 Å². The van der Waals surface area contributed by atoms with Crippen LogP contribution in [0.2, 0.25) is 0 Å². The first kappa shape index (κ1) is 15.2. The van der Waals surface area contributed by atoms with Gasteiger partial charge in [-0.1, -0.05) is 13.8 Å². The van der Waals surface area contributed by atoms with Crippen molar-refractivity contribution in [1.82, 2.24) is 14.7 Å². The topological polar surface area (TPSA) is 47.4 Å². The van der Waals surface area contributed by atoms with E-state index in [0.29, 0.717) is 13.0 Å². The molecule has 1 aromatic heterocycles. The second-order valence-corrected chi connectivity index (χ2v) is 5.41. The number of hydrogen-bond donors (Lipinski definition) is 0. The second kappa shape index (κ2) is 6.99. The predicted molar refractivity (Wildman–Crippen MR) is 77.8 cm³/mol. The van der Waals surface area contributed by atoms with Crippen LogP contribution >= 0.6 is 0 Å². The first-order chi connectivity index (χ1) is 9.63. The first-order valence-electron chi connectivity index (χ1n) is 7.52. The molecule has 1 saturated heterocycles. The lowest BCUT2D eigenvalue weighted by Gasteiger charge is -2.31. The molecule has 1 aliphatic heterocycles. The van der Waals surface area contributed by atoms with Gasteiger partial charge in [-0.3, -0.25) is 14.4 Å². The van der Waals surface area contributed by atoms with E-state index in [1.165, 1.54) is 0 Å². The fourth-order valence-electron chi connectivity index (χ4n) is 2.62. The zero-order chi connectivity index (χ0) is 14.5. The van der Waals surface area contributed by atoms with Gasteiger partial charge in [0.2, 0.25) is 0 Å². The summed E-state index contributed by atoms with van der Waals surface area (Å²) in [5.41, 5.74) is 2.01. The Kier molecular flexibility index (Phi) is 5.31. The normalized spacial score (nSPS) is 20.2. The number of Topliss-reactive ketones (excluding diaryl/α,β-unsaturated/α-hetero) is 1. The van der Waals surface area contributed by atoms with E-state index in [-0.39, 0.29) is 11.9 Å². The fraction of sp³-hybridized carbons (Fsp3) is 0.733. The molecule has 2 heterocycles. The summed E-state index contributed by atoms with van der Waals surface area (Å²) in [6.07, 6.45) is 2.14. The highest BCUT2D eigenvalue weighted by Crippen LogP contribution is 2.11. The first-order valence-corrected chi connectivity index (χ1v) is 7.52. The molecule has 0 aliphatic carbocycles. The number of aromatic nitrogens is 2. The van der Waals surface area contributed by atoms with Crippen LogP contribution in [0.15, 0.2) is 6.07 Å². The lowest BCUT2D eigenvalue weighted by Crippen LogP contribution is -2.46. The molecular weight excluding hydrogens is 254 g/mol. The number of hydrogen-bond acceptors (Lipinski definition) is 4. The number of nitrogens with zero attached hydrogens (tertiary/aromatic N) is 3. The Hall–Kier alpha value is -1.20. The van der Waals surface area contributed by atoms with Gasteiger partial charge in [-0.15, -0.1) is 0 Å². The van der Waals surface area contributed by atoms with Crippen molar-refractivity contribution in [2.24, 2.45) is 7.05 Å². The van der Waals surface area contributed by atoms with E-state index in [4.69, 9.17) is 4.74 Å². The van der Waals surface area contributed by atoms with E-state index in [0.717, 1.165) is 43.9 Å². The Balaban J connectivity index is 1.95. The Morgan fingerprint density at radius 1 is 1.50 bits per heavy atom. The minimum Gasteiger partial charge on any atom is -0.368 e. The molecule has 2 rings (SSSR count). The summed E-state index contributed by atoms with van der Waals surface area (Å²) in [6, 6.07) is 2.02. The van der Waals surface area contributed by atoms with Crippen molar-refractivity contribution in [3.63, 3.8) is 0 Å². The Labute approximate surface area is 120 Å². The van der Waals surface area contributed by atoms with E-state index in [1.54, 1.807) is 0 Å². The highest BCUT2D eigenvalue weighted by Gasteiger charge is 2.26. The van der Waals surface area contributed by atoms with Gasteiger partial charge in [-0.05, 0) is 25.5 Å². The molecule has 112 valence electrons. The van der Waals surface area contributed by atoms with Gasteiger partial charge in [0.05, 0.1) is 18.7 Å². The molecule has 20 heavy (non-hydrogen) atoms. The highest BCUT2D eigenvalue weighted by molar-refractivity contribution is 5.85. The van der Waals surface area contributed by atoms with Crippen molar-refractivity contribution < 1.29 is 9.53 Å². The molecule has 1 aliphatic rings. The average Bonchev–Trinajstić information content (AvgIpc) is 2.80. The number of carbonyl (C=O) groups excluding carboxylic acids is 1. The van der Waals surface area contributed by atoms with E-state index >= 15 is 0 Å². The van der Waals surface area contributed by atoms with Gasteiger partial charge in [0.25, 0.3) is 0 Å². The smallest absolute Gasteiger partial charge is 0.168 e. The lowest BCUT2D eigenvalue weighted by atomic mass is 10.1. The Morgan fingerprint density at radius 2 is 2.30 bits per heavy atom. The van der Waals surface area contributed by atoms with Gasteiger partial charge in [0, 0.05) is 25.8 Å². The van der Waals surface area contributed by atoms with E-state index in [9.17, 15) is 4.79 Å². The van der Waals surface area contributed by atoms with Crippen LogP contribution in [0.3, 0.4) is 0 Å². The fourth-order valence-corrected chi connectivity index (χ4v) is 2.62. The molecule has 0 saturated carbocycles. The van der Waals surface area contributed by atoms with Gasteiger partial charge in [-0.2, -0.15) is 5.10 Å². The summed E-state index contributed by atoms with van der Waals surface area (Å²) < 4.78 is 7.45. The van der Waals surface area contributed by atoms with Gasteiger partial charge in [0.1, 0.15) is 6.10 Å². The standard InChI is InChI=1S/C15H25N3O2/c1-4-6-18-7-8-20-15(11-18)14(19)10-13-9-12(5-2)16-17(13)3/h9,15H,4-8,10-11H2,1-3H3. The maximum absolute atomic E-state index is 12.4. The van der Waals surface area contributed by atoms with Crippen molar-refractivity contribution in [3.8, 4) is 0 Å². The van der Waals surface area contributed by atoms with Crippen LogP contribution in [-0.4, -0.2) is 52.8 Å².